The standard InChI is InChI=1S/C25H31NO3/c1-27-22-9-10-23-18(6-4-7-20(23)14-22)8-5-12-26-13-11-19-15-24(28-2)25(29-3)16-21(19)17-26/h6,9-10,14-16H,4-5,7-8,11-13,17H2,1-3H3. The lowest BCUT2D eigenvalue weighted by molar-refractivity contribution is 0.250. The quantitative estimate of drug-likeness (QED) is 0.671. The van der Waals surface area contributed by atoms with Gasteiger partial charge >= 0.3 is 0 Å². The number of allylic oxidation sites excluding steroid dienone is 2. The van der Waals surface area contributed by atoms with Gasteiger partial charge in [0.15, 0.2) is 11.5 Å². The monoisotopic (exact) mass is 393 g/mol. The number of rotatable bonds is 7. The van der Waals surface area contributed by atoms with Crippen LogP contribution >= 0.6 is 0 Å². The average molecular weight is 394 g/mol. The highest BCUT2D eigenvalue weighted by atomic mass is 16.5. The van der Waals surface area contributed by atoms with Crippen LogP contribution in [0.25, 0.3) is 5.57 Å². The lowest BCUT2D eigenvalue weighted by Crippen LogP contribution is -2.31. The molecule has 0 atom stereocenters. The molecular weight excluding hydrogens is 362 g/mol. The average Bonchev–Trinajstić information content (AvgIpc) is 2.77. The predicted molar refractivity (Wildman–Crippen MR) is 117 cm³/mol. The molecule has 0 amide bonds. The van der Waals surface area contributed by atoms with E-state index in [-0.39, 0.29) is 0 Å². The minimum absolute atomic E-state index is 0.826. The van der Waals surface area contributed by atoms with Crippen LogP contribution in [0.3, 0.4) is 0 Å². The van der Waals surface area contributed by atoms with Crippen molar-refractivity contribution in [2.45, 2.75) is 38.6 Å². The van der Waals surface area contributed by atoms with Crippen molar-refractivity contribution >= 4 is 5.57 Å². The molecule has 0 aromatic heterocycles. The zero-order chi connectivity index (χ0) is 20.2. The van der Waals surface area contributed by atoms with E-state index in [0.29, 0.717) is 0 Å². The Hall–Kier alpha value is -2.46. The zero-order valence-corrected chi connectivity index (χ0v) is 17.8. The summed E-state index contributed by atoms with van der Waals surface area (Å²) >= 11 is 0. The van der Waals surface area contributed by atoms with Crippen molar-refractivity contribution in [3.8, 4) is 17.2 Å². The first-order valence-corrected chi connectivity index (χ1v) is 10.5. The Labute approximate surface area is 174 Å². The van der Waals surface area contributed by atoms with Gasteiger partial charge < -0.3 is 14.2 Å². The van der Waals surface area contributed by atoms with E-state index in [9.17, 15) is 0 Å². The maximum atomic E-state index is 5.49. The number of fused-ring (bicyclic) bond motifs is 2. The molecular formula is C25H31NO3. The number of methoxy groups -OCH3 is 3. The van der Waals surface area contributed by atoms with Gasteiger partial charge in [0.1, 0.15) is 5.75 Å². The number of benzene rings is 2. The molecule has 2 aliphatic rings. The summed E-state index contributed by atoms with van der Waals surface area (Å²) in [6.45, 7) is 3.22. The highest BCUT2D eigenvalue weighted by molar-refractivity contribution is 5.70. The molecule has 1 heterocycles. The second-order valence-electron chi connectivity index (χ2n) is 7.90. The van der Waals surface area contributed by atoms with Gasteiger partial charge in [-0.2, -0.15) is 0 Å². The molecule has 1 aliphatic heterocycles. The van der Waals surface area contributed by atoms with Gasteiger partial charge in [-0.3, -0.25) is 4.90 Å². The van der Waals surface area contributed by atoms with E-state index in [0.717, 1.165) is 62.6 Å². The van der Waals surface area contributed by atoms with Gasteiger partial charge in [0.2, 0.25) is 0 Å². The molecule has 0 saturated heterocycles. The van der Waals surface area contributed by atoms with Gasteiger partial charge in [0.25, 0.3) is 0 Å². The van der Waals surface area contributed by atoms with E-state index >= 15 is 0 Å². The SMILES string of the molecule is COc1ccc2c(c1)CCC=C2CCCN1CCc2cc(OC)c(OC)cc2C1. The van der Waals surface area contributed by atoms with Crippen LogP contribution < -0.4 is 14.2 Å². The lowest BCUT2D eigenvalue weighted by atomic mass is 9.88. The van der Waals surface area contributed by atoms with Crippen LogP contribution in [0.15, 0.2) is 36.4 Å². The van der Waals surface area contributed by atoms with Crippen molar-refractivity contribution in [3.63, 3.8) is 0 Å². The van der Waals surface area contributed by atoms with Crippen molar-refractivity contribution < 1.29 is 14.2 Å². The van der Waals surface area contributed by atoms with Crippen molar-refractivity contribution in [2.24, 2.45) is 0 Å². The van der Waals surface area contributed by atoms with E-state index < -0.39 is 0 Å². The smallest absolute Gasteiger partial charge is 0.161 e. The van der Waals surface area contributed by atoms with Crippen molar-refractivity contribution in [1.82, 2.24) is 4.90 Å². The van der Waals surface area contributed by atoms with E-state index in [1.807, 2.05) is 0 Å². The van der Waals surface area contributed by atoms with Gasteiger partial charge in [0.05, 0.1) is 21.3 Å². The number of ether oxygens (including phenoxy) is 3. The van der Waals surface area contributed by atoms with E-state index in [2.05, 4.69) is 41.3 Å². The van der Waals surface area contributed by atoms with Gasteiger partial charge in [-0.05, 0) is 90.7 Å². The second-order valence-corrected chi connectivity index (χ2v) is 7.90. The summed E-state index contributed by atoms with van der Waals surface area (Å²) in [6, 6.07) is 10.8. The van der Waals surface area contributed by atoms with Gasteiger partial charge in [0, 0.05) is 13.1 Å². The van der Waals surface area contributed by atoms with Crippen LogP contribution in [0.1, 0.15) is 41.5 Å². The molecule has 4 heteroatoms. The minimum Gasteiger partial charge on any atom is -0.497 e. The summed E-state index contributed by atoms with van der Waals surface area (Å²) in [5.41, 5.74) is 7.09. The molecule has 0 radical (unpaired) electrons. The third-order valence-electron chi connectivity index (χ3n) is 6.18. The number of aryl methyl sites for hydroxylation is 1. The van der Waals surface area contributed by atoms with Crippen molar-refractivity contribution in [3.05, 3.63) is 58.7 Å². The fourth-order valence-corrected chi connectivity index (χ4v) is 4.59. The minimum atomic E-state index is 0.826. The molecule has 29 heavy (non-hydrogen) atoms. The van der Waals surface area contributed by atoms with Crippen LogP contribution in [0.4, 0.5) is 0 Å². The first-order chi connectivity index (χ1) is 14.2. The molecule has 0 unspecified atom stereocenters. The molecule has 2 aromatic rings. The number of nitrogens with zero attached hydrogens (tertiary/aromatic N) is 1. The lowest BCUT2D eigenvalue weighted by Gasteiger charge is -2.29. The molecule has 0 bridgehead atoms. The zero-order valence-electron chi connectivity index (χ0n) is 17.8. The van der Waals surface area contributed by atoms with E-state index in [1.165, 1.54) is 34.2 Å². The molecule has 0 N–H and O–H groups in total. The Balaban J connectivity index is 1.36. The molecule has 1 aliphatic carbocycles. The Morgan fingerprint density at radius 1 is 0.862 bits per heavy atom. The summed E-state index contributed by atoms with van der Waals surface area (Å²) in [7, 11) is 5.15. The summed E-state index contributed by atoms with van der Waals surface area (Å²) in [5, 5.41) is 0. The summed E-state index contributed by atoms with van der Waals surface area (Å²) < 4.78 is 16.3. The van der Waals surface area contributed by atoms with Crippen molar-refractivity contribution in [2.75, 3.05) is 34.4 Å². The van der Waals surface area contributed by atoms with Gasteiger partial charge in [-0.15, -0.1) is 0 Å². The van der Waals surface area contributed by atoms with Crippen LogP contribution in [0, 0.1) is 0 Å². The summed E-state index contributed by atoms with van der Waals surface area (Å²) in [5.74, 6) is 2.62. The highest BCUT2D eigenvalue weighted by Gasteiger charge is 2.20. The maximum absolute atomic E-state index is 5.49. The molecule has 0 saturated carbocycles. The maximum Gasteiger partial charge on any atom is 0.161 e. The first-order valence-electron chi connectivity index (χ1n) is 10.5. The van der Waals surface area contributed by atoms with Gasteiger partial charge in [-0.25, -0.2) is 0 Å². The first kappa shape index (κ1) is 19.8. The normalized spacial score (nSPS) is 15.9. The fourth-order valence-electron chi connectivity index (χ4n) is 4.59. The van der Waals surface area contributed by atoms with Crippen LogP contribution in [-0.2, 0) is 19.4 Å². The molecule has 0 spiro atoms. The van der Waals surface area contributed by atoms with Crippen LogP contribution in [0.2, 0.25) is 0 Å². The Kier molecular flexibility index (Phi) is 6.10. The highest BCUT2D eigenvalue weighted by Crippen LogP contribution is 2.34. The Morgan fingerprint density at radius 2 is 1.66 bits per heavy atom. The third-order valence-corrected chi connectivity index (χ3v) is 6.18. The Bertz CT molecular complexity index is 903. The largest absolute Gasteiger partial charge is 0.497 e. The molecule has 2 aromatic carbocycles. The van der Waals surface area contributed by atoms with Gasteiger partial charge in [-0.1, -0.05) is 12.1 Å². The van der Waals surface area contributed by atoms with E-state index in [4.69, 9.17) is 14.2 Å². The predicted octanol–water partition coefficient (Wildman–Crippen LogP) is 4.88. The topological polar surface area (TPSA) is 30.9 Å². The third kappa shape index (κ3) is 4.27. The molecule has 4 rings (SSSR count). The number of hydrogen-bond acceptors (Lipinski definition) is 4. The molecule has 0 fully saturated rings. The van der Waals surface area contributed by atoms with Crippen molar-refractivity contribution in [1.29, 1.82) is 0 Å². The molecule has 154 valence electrons. The number of hydrogen-bond donors (Lipinski definition) is 0. The Morgan fingerprint density at radius 3 is 2.41 bits per heavy atom. The molecule has 4 nitrogen and oxygen atoms in total. The van der Waals surface area contributed by atoms with Crippen LogP contribution in [0.5, 0.6) is 17.2 Å². The van der Waals surface area contributed by atoms with Crippen LogP contribution in [-0.4, -0.2) is 39.3 Å². The fraction of sp³-hybridized carbons (Fsp3) is 0.440. The van der Waals surface area contributed by atoms with E-state index in [1.54, 1.807) is 21.3 Å². The summed E-state index contributed by atoms with van der Waals surface area (Å²) in [4.78, 5) is 2.56. The summed E-state index contributed by atoms with van der Waals surface area (Å²) in [6.07, 6.45) is 8.06. The second kappa shape index (κ2) is 8.91.